The number of hydrogen-bond donors (Lipinski definition) is 0. The number of aryl methyl sites for hydroxylation is 1. The van der Waals surface area contributed by atoms with Crippen molar-refractivity contribution in [3.63, 3.8) is 0 Å². The van der Waals surface area contributed by atoms with Crippen LogP contribution in [0.25, 0.3) is 0 Å². The molecule has 0 bridgehead atoms. The van der Waals surface area contributed by atoms with E-state index in [9.17, 15) is 4.79 Å². The zero-order valence-corrected chi connectivity index (χ0v) is 13.0. The van der Waals surface area contributed by atoms with Crippen molar-refractivity contribution in [2.45, 2.75) is 25.7 Å². The van der Waals surface area contributed by atoms with Crippen molar-refractivity contribution in [2.75, 3.05) is 13.1 Å². The average molecular weight is 299 g/mol. The Morgan fingerprint density at radius 1 is 1.10 bits per heavy atom. The van der Waals surface area contributed by atoms with Crippen LogP contribution in [0.5, 0.6) is 0 Å². The van der Waals surface area contributed by atoms with Gasteiger partial charge in [-0.25, -0.2) is 0 Å². The molecule has 110 valence electrons. The van der Waals surface area contributed by atoms with Gasteiger partial charge in [-0.1, -0.05) is 36.4 Å². The van der Waals surface area contributed by atoms with Gasteiger partial charge in [-0.3, -0.25) is 4.79 Å². The lowest BCUT2D eigenvalue weighted by atomic mass is 9.90. The second kappa shape index (κ2) is 6.90. The quantitative estimate of drug-likeness (QED) is 0.827. The molecule has 0 saturated carbocycles. The Bertz CT molecular complexity index is 556. The van der Waals surface area contributed by atoms with Crippen LogP contribution in [-0.2, 0) is 6.42 Å². The summed E-state index contributed by atoms with van der Waals surface area (Å²) in [5, 5.41) is 1.97. The third kappa shape index (κ3) is 3.73. The second-order valence-electron chi connectivity index (χ2n) is 5.74. The Morgan fingerprint density at radius 2 is 1.86 bits per heavy atom. The van der Waals surface area contributed by atoms with E-state index in [4.69, 9.17) is 0 Å². The molecule has 1 saturated heterocycles. The molecule has 0 unspecified atom stereocenters. The fraction of sp³-hybridized carbons (Fsp3) is 0.389. The molecule has 0 radical (unpaired) electrons. The molecule has 2 aromatic rings. The van der Waals surface area contributed by atoms with E-state index in [0.717, 1.165) is 43.1 Å². The summed E-state index contributed by atoms with van der Waals surface area (Å²) in [7, 11) is 0. The van der Waals surface area contributed by atoms with Crippen LogP contribution in [0.15, 0.2) is 47.8 Å². The van der Waals surface area contributed by atoms with Crippen LogP contribution in [0.3, 0.4) is 0 Å². The summed E-state index contributed by atoms with van der Waals surface area (Å²) in [6.45, 7) is 1.83. The molecule has 3 rings (SSSR count). The summed E-state index contributed by atoms with van der Waals surface area (Å²) in [5.74, 6) is 0.976. The Morgan fingerprint density at radius 3 is 2.52 bits per heavy atom. The number of hydrogen-bond acceptors (Lipinski definition) is 2. The van der Waals surface area contributed by atoms with Gasteiger partial charge in [0.25, 0.3) is 5.91 Å². The predicted octanol–water partition coefficient (Wildman–Crippen LogP) is 4.23. The fourth-order valence-corrected chi connectivity index (χ4v) is 3.69. The lowest BCUT2D eigenvalue weighted by molar-refractivity contribution is 0.0692. The molecule has 1 aliphatic heterocycles. The van der Waals surface area contributed by atoms with Gasteiger partial charge in [0.05, 0.1) is 4.88 Å². The number of thiophene rings is 1. The van der Waals surface area contributed by atoms with E-state index in [-0.39, 0.29) is 5.91 Å². The highest BCUT2D eigenvalue weighted by atomic mass is 32.1. The number of carbonyl (C=O) groups excluding carboxylic acids is 1. The molecule has 1 aromatic heterocycles. The van der Waals surface area contributed by atoms with E-state index in [2.05, 4.69) is 30.3 Å². The number of rotatable bonds is 4. The van der Waals surface area contributed by atoms with Crippen LogP contribution in [0.2, 0.25) is 0 Å². The first kappa shape index (κ1) is 14.3. The van der Waals surface area contributed by atoms with Crippen LogP contribution in [0.1, 0.15) is 34.5 Å². The number of benzene rings is 1. The van der Waals surface area contributed by atoms with Gasteiger partial charge in [-0.05, 0) is 48.6 Å². The Kier molecular flexibility index (Phi) is 4.71. The summed E-state index contributed by atoms with van der Waals surface area (Å²) in [6, 6.07) is 14.6. The minimum atomic E-state index is 0.214. The Hall–Kier alpha value is -1.61. The number of carbonyl (C=O) groups is 1. The van der Waals surface area contributed by atoms with Crippen molar-refractivity contribution in [3.05, 3.63) is 58.3 Å². The van der Waals surface area contributed by atoms with Crippen molar-refractivity contribution < 1.29 is 4.79 Å². The fourth-order valence-electron chi connectivity index (χ4n) is 3.00. The molecule has 1 fully saturated rings. The van der Waals surface area contributed by atoms with Gasteiger partial charge in [0.1, 0.15) is 0 Å². The van der Waals surface area contributed by atoms with Crippen LogP contribution < -0.4 is 0 Å². The largest absolute Gasteiger partial charge is 0.338 e. The van der Waals surface area contributed by atoms with Crippen molar-refractivity contribution >= 4 is 17.2 Å². The van der Waals surface area contributed by atoms with Crippen LogP contribution in [-0.4, -0.2) is 23.9 Å². The predicted molar refractivity (Wildman–Crippen MR) is 87.7 cm³/mol. The van der Waals surface area contributed by atoms with Gasteiger partial charge in [0, 0.05) is 13.1 Å². The van der Waals surface area contributed by atoms with E-state index >= 15 is 0 Å². The van der Waals surface area contributed by atoms with Crippen molar-refractivity contribution in [2.24, 2.45) is 5.92 Å². The third-order valence-corrected chi connectivity index (χ3v) is 5.18. The number of piperidine rings is 1. The zero-order chi connectivity index (χ0) is 14.5. The first-order valence-corrected chi connectivity index (χ1v) is 8.57. The molecular weight excluding hydrogens is 278 g/mol. The zero-order valence-electron chi connectivity index (χ0n) is 12.2. The normalized spacial score (nSPS) is 16.1. The van der Waals surface area contributed by atoms with E-state index < -0.39 is 0 Å². The first-order valence-electron chi connectivity index (χ1n) is 7.69. The number of likely N-dealkylation sites (tertiary alicyclic amines) is 1. The van der Waals surface area contributed by atoms with Gasteiger partial charge in [-0.2, -0.15) is 0 Å². The van der Waals surface area contributed by atoms with Gasteiger partial charge >= 0.3 is 0 Å². The molecule has 3 heteroatoms. The van der Waals surface area contributed by atoms with Gasteiger partial charge < -0.3 is 4.90 Å². The molecule has 2 heterocycles. The van der Waals surface area contributed by atoms with Crippen molar-refractivity contribution in [1.82, 2.24) is 4.90 Å². The monoisotopic (exact) mass is 299 g/mol. The maximum Gasteiger partial charge on any atom is 0.263 e. The van der Waals surface area contributed by atoms with Crippen molar-refractivity contribution in [1.29, 1.82) is 0 Å². The third-order valence-electron chi connectivity index (χ3n) is 4.32. The molecule has 2 nitrogen and oxygen atoms in total. The van der Waals surface area contributed by atoms with Crippen LogP contribution in [0, 0.1) is 5.92 Å². The average Bonchev–Trinajstić information content (AvgIpc) is 3.08. The molecule has 1 aliphatic rings. The standard InChI is InChI=1S/C18H21NOS/c20-18(17-7-4-14-21-17)19-12-10-16(11-13-19)9-8-15-5-2-1-3-6-15/h1-7,14,16H,8-13H2. The van der Waals surface area contributed by atoms with E-state index in [0.29, 0.717) is 0 Å². The highest BCUT2D eigenvalue weighted by Crippen LogP contribution is 2.24. The smallest absolute Gasteiger partial charge is 0.263 e. The van der Waals surface area contributed by atoms with Gasteiger partial charge in [0.15, 0.2) is 0 Å². The van der Waals surface area contributed by atoms with Crippen molar-refractivity contribution in [3.8, 4) is 0 Å². The number of nitrogens with zero attached hydrogens (tertiary/aromatic N) is 1. The van der Waals surface area contributed by atoms with Crippen LogP contribution >= 0.6 is 11.3 Å². The minimum absolute atomic E-state index is 0.214. The van der Waals surface area contributed by atoms with Gasteiger partial charge in [0.2, 0.25) is 0 Å². The molecule has 1 aromatic carbocycles. The molecule has 0 N–H and O–H groups in total. The van der Waals surface area contributed by atoms with Crippen LogP contribution in [0.4, 0.5) is 0 Å². The maximum atomic E-state index is 12.3. The number of amides is 1. The van der Waals surface area contributed by atoms with E-state index in [1.54, 1.807) is 11.3 Å². The molecule has 1 amide bonds. The highest BCUT2D eigenvalue weighted by molar-refractivity contribution is 7.12. The Balaban J connectivity index is 1.46. The topological polar surface area (TPSA) is 20.3 Å². The van der Waals surface area contributed by atoms with E-state index in [1.807, 2.05) is 22.4 Å². The summed E-state index contributed by atoms with van der Waals surface area (Å²) in [4.78, 5) is 15.2. The molecule has 0 spiro atoms. The minimum Gasteiger partial charge on any atom is -0.338 e. The highest BCUT2D eigenvalue weighted by Gasteiger charge is 2.23. The maximum absolute atomic E-state index is 12.3. The summed E-state index contributed by atoms with van der Waals surface area (Å²) >= 11 is 1.54. The molecular formula is C18H21NOS. The lowest BCUT2D eigenvalue weighted by Crippen LogP contribution is -2.38. The SMILES string of the molecule is O=C(c1cccs1)N1CCC(CCc2ccccc2)CC1. The molecule has 21 heavy (non-hydrogen) atoms. The molecule has 0 atom stereocenters. The molecule has 0 aliphatic carbocycles. The van der Waals surface area contributed by atoms with Gasteiger partial charge in [-0.15, -0.1) is 11.3 Å². The summed E-state index contributed by atoms with van der Waals surface area (Å²) < 4.78 is 0. The first-order chi connectivity index (χ1) is 10.3. The Labute approximate surface area is 130 Å². The summed E-state index contributed by atoms with van der Waals surface area (Å²) in [5.41, 5.74) is 1.43. The second-order valence-corrected chi connectivity index (χ2v) is 6.68. The van der Waals surface area contributed by atoms with E-state index in [1.165, 1.54) is 12.0 Å². The lowest BCUT2D eigenvalue weighted by Gasteiger charge is -2.31. The summed E-state index contributed by atoms with van der Waals surface area (Å²) in [6.07, 6.45) is 4.68.